The first-order valence-corrected chi connectivity index (χ1v) is 11.4. The van der Waals surface area contributed by atoms with Gasteiger partial charge >= 0.3 is 0 Å². The summed E-state index contributed by atoms with van der Waals surface area (Å²) in [5.74, 6) is 0.335. The highest BCUT2D eigenvalue weighted by molar-refractivity contribution is 6.30. The third kappa shape index (κ3) is 4.20. The lowest BCUT2D eigenvalue weighted by atomic mass is 9.93. The number of furan rings is 1. The van der Waals surface area contributed by atoms with Crippen LogP contribution in [0, 0.1) is 6.92 Å². The Balaban J connectivity index is 1.40. The van der Waals surface area contributed by atoms with Crippen LogP contribution in [0.1, 0.15) is 50.6 Å². The Morgan fingerprint density at radius 1 is 0.941 bits per heavy atom. The van der Waals surface area contributed by atoms with E-state index in [1.165, 1.54) is 0 Å². The zero-order valence-corrected chi connectivity index (χ0v) is 19.3. The molecule has 6 nitrogen and oxygen atoms in total. The van der Waals surface area contributed by atoms with E-state index >= 15 is 0 Å². The average Bonchev–Trinajstić information content (AvgIpc) is 3.20. The molecular weight excluding hydrogens is 450 g/mol. The van der Waals surface area contributed by atoms with Crippen LogP contribution in [0.25, 0.3) is 10.8 Å². The first-order valence-electron chi connectivity index (χ1n) is 11.1. The monoisotopic (exact) mass is 471 g/mol. The smallest absolute Gasteiger partial charge is 0.291 e. The third-order valence-corrected chi connectivity index (χ3v) is 6.22. The van der Waals surface area contributed by atoms with Gasteiger partial charge < -0.3 is 9.73 Å². The summed E-state index contributed by atoms with van der Waals surface area (Å²) in [6, 6.07) is 20.3. The molecule has 0 unspecified atom stereocenters. The Kier molecular flexibility index (Phi) is 5.90. The van der Waals surface area contributed by atoms with Crippen molar-refractivity contribution in [2.45, 2.75) is 26.2 Å². The van der Waals surface area contributed by atoms with E-state index in [-0.39, 0.29) is 17.6 Å². The summed E-state index contributed by atoms with van der Waals surface area (Å²) in [6.45, 7) is 1.85. The van der Waals surface area contributed by atoms with E-state index in [1.54, 1.807) is 24.3 Å². The lowest BCUT2D eigenvalue weighted by molar-refractivity contribution is 0.0953. The van der Waals surface area contributed by atoms with E-state index in [0.717, 1.165) is 28.4 Å². The SMILES string of the molecule is Cc1c(C(=O)Nc2cccc3ccccc23)oc2c1/C(=N/NC(=O)c1ccc(Cl)cc1)CCC2. The fraction of sp³-hybridized carbons (Fsp3) is 0.148. The molecule has 1 aromatic heterocycles. The number of hydrogen-bond donors (Lipinski definition) is 2. The highest BCUT2D eigenvalue weighted by Gasteiger charge is 2.28. The third-order valence-electron chi connectivity index (χ3n) is 5.97. The fourth-order valence-electron chi connectivity index (χ4n) is 4.29. The average molecular weight is 472 g/mol. The van der Waals surface area contributed by atoms with Gasteiger partial charge in [-0.15, -0.1) is 0 Å². The first kappa shape index (κ1) is 21.9. The predicted molar refractivity (Wildman–Crippen MR) is 134 cm³/mol. The first-order chi connectivity index (χ1) is 16.5. The van der Waals surface area contributed by atoms with Gasteiger partial charge in [0.15, 0.2) is 5.76 Å². The number of anilines is 1. The van der Waals surface area contributed by atoms with Crippen LogP contribution in [-0.4, -0.2) is 17.5 Å². The summed E-state index contributed by atoms with van der Waals surface area (Å²) in [5, 5.41) is 9.92. The van der Waals surface area contributed by atoms with E-state index in [9.17, 15) is 9.59 Å². The van der Waals surface area contributed by atoms with E-state index in [1.807, 2.05) is 49.4 Å². The maximum absolute atomic E-state index is 13.2. The molecule has 0 radical (unpaired) electrons. The molecule has 1 heterocycles. The fourth-order valence-corrected chi connectivity index (χ4v) is 4.42. The van der Waals surface area contributed by atoms with Crippen molar-refractivity contribution in [2.75, 3.05) is 5.32 Å². The molecule has 3 aromatic carbocycles. The maximum atomic E-state index is 13.2. The summed E-state index contributed by atoms with van der Waals surface area (Å²) in [5.41, 5.74) is 6.02. The van der Waals surface area contributed by atoms with Gasteiger partial charge in [-0.2, -0.15) is 5.10 Å². The van der Waals surface area contributed by atoms with E-state index in [4.69, 9.17) is 16.0 Å². The maximum Gasteiger partial charge on any atom is 0.291 e. The van der Waals surface area contributed by atoms with Crippen LogP contribution >= 0.6 is 11.6 Å². The molecule has 1 aliphatic carbocycles. The van der Waals surface area contributed by atoms with Crippen molar-refractivity contribution < 1.29 is 14.0 Å². The van der Waals surface area contributed by atoms with Gasteiger partial charge in [-0.1, -0.05) is 48.0 Å². The van der Waals surface area contributed by atoms with E-state index in [0.29, 0.717) is 40.5 Å². The van der Waals surface area contributed by atoms with Crippen LogP contribution in [0.2, 0.25) is 5.02 Å². The molecule has 0 saturated carbocycles. The normalized spacial score (nSPS) is 14.1. The van der Waals surface area contributed by atoms with Crippen molar-refractivity contribution in [3.8, 4) is 0 Å². The van der Waals surface area contributed by atoms with Gasteiger partial charge in [-0.05, 0) is 55.5 Å². The predicted octanol–water partition coefficient (Wildman–Crippen LogP) is 6.12. The second kappa shape index (κ2) is 9.15. The van der Waals surface area contributed by atoms with Gasteiger partial charge in [0.25, 0.3) is 11.8 Å². The standard InChI is InChI=1S/C27H22ClN3O3/c1-16-24-22(30-31-26(32)18-12-14-19(28)15-13-18)10-5-11-23(24)34-25(16)27(33)29-21-9-4-7-17-6-2-3-8-20(17)21/h2-4,6-9,12-15H,5,10-11H2,1H3,(H,29,33)(H,31,32)/b30-22+. The largest absolute Gasteiger partial charge is 0.455 e. The summed E-state index contributed by atoms with van der Waals surface area (Å²) in [4.78, 5) is 25.6. The second-order valence-corrected chi connectivity index (χ2v) is 8.63. The molecule has 1 aliphatic rings. The molecule has 4 aromatic rings. The molecule has 34 heavy (non-hydrogen) atoms. The zero-order chi connectivity index (χ0) is 23.7. The van der Waals surface area contributed by atoms with Gasteiger partial charge in [0.05, 0.1) is 5.71 Å². The number of benzene rings is 3. The number of halogens is 1. The highest BCUT2D eigenvalue weighted by atomic mass is 35.5. The van der Waals surface area contributed by atoms with Crippen LogP contribution in [-0.2, 0) is 6.42 Å². The lowest BCUT2D eigenvalue weighted by Crippen LogP contribution is -2.22. The molecule has 0 fully saturated rings. The van der Waals surface area contributed by atoms with E-state index in [2.05, 4.69) is 15.8 Å². The van der Waals surface area contributed by atoms with Gasteiger partial charge in [-0.25, -0.2) is 5.43 Å². The number of carbonyl (C=O) groups excluding carboxylic acids is 2. The van der Waals surface area contributed by atoms with Crippen molar-refractivity contribution >= 4 is 45.6 Å². The molecule has 0 spiro atoms. The van der Waals surface area contributed by atoms with E-state index < -0.39 is 0 Å². The molecule has 0 aliphatic heterocycles. The van der Waals surface area contributed by atoms with Crippen LogP contribution in [0.3, 0.4) is 0 Å². The summed E-state index contributed by atoms with van der Waals surface area (Å²) in [7, 11) is 0. The number of hydrazone groups is 1. The number of hydrogen-bond acceptors (Lipinski definition) is 4. The Labute approximate surface area is 201 Å². The minimum Gasteiger partial charge on any atom is -0.455 e. The van der Waals surface area contributed by atoms with Crippen molar-refractivity contribution in [2.24, 2.45) is 5.10 Å². The second-order valence-electron chi connectivity index (χ2n) is 8.20. The molecule has 170 valence electrons. The van der Waals surface area contributed by atoms with Gasteiger partial charge in [0.1, 0.15) is 5.76 Å². The molecule has 2 N–H and O–H groups in total. The zero-order valence-electron chi connectivity index (χ0n) is 18.5. The lowest BCUT2D eigenvalue weighted by Gasteiger charge is -2.13. The van der Waals surface area contributed by atoms with Crippen LogP contribution in [0.15, 0.2) is 76.2 Å². The van der Waals surface area contributed by atoms with Crippen molar-refractivity contribution in [1.29, 1.82) is 0 Å². The number of nitrogens with zero attached hydrogens (tertiary/aromatic N) is 1. The minimum absolute atomic E-state index is 0.261. The Hall–Kier alpha value is -3.90. The minimum atomic E-state index is -0.327. The molecule has 7 heteroatoms. The number of carbonyl (C=O) groups is 2. The van der Waals surface area contributed by atoms with Crippen molar-refractivity contribution in [3.05, 3.63) is 100.0 Å². The van der Waals surface area contributed by atoms with Gasteiger partial charge in [0, 0.05) is 39.2 Å². The molecule has 5 rings (SSSR count). The number of aryl methyl sites for hydroxylation is 1. The van der Waals surface area contributed by atoms with Gasteiger partial charge in [0.2, 0.25) is 0 Å². The summed E-state index contributed by atoms with van der Waals surface area (Å²) in [6.07, 6.45) is 2.21. The summed E-state index contributed by atoms with van der Waals surface area (Å²) < 4.78 is 6.00. The van der Waals surface area contributed by atoms with Crippen molar-refractivity contribution in [3.63, 3.8) is 0 Å². The molecule has 0 saturated heterocycles. The van der Waals surface area contributed by atoms with Crippen LogP contribution < -0.4 is 10.7 Å². The molecule has 0 atom stereocenters. The van der Waals surface area contributed by atoms with Crippen molar-refractivity contribution in [1.82, 2.24) is 5.43 Å². The Morgan fingerprint density at radius 2 is 1.71 bits per heavy atom. The topological polar surface area (TPSA) is 83.7 Å². The number of fused-ring (bicyclic) bond motifs is 2. The molecule has 2 amide bonds. The molecular formula is C27H22ClN3O3. The Morgan fingerprint density at radius 3 is 2.53 bits per heavy atom. The van der Waals surface area contributed by atoms with Crippen LogP contribution in [0.4, 0.5) is 5.69 Å². The Bertz CT molecular complexity index is 1430. The highest BCUT2D eigenvalue weighted by Crippen LogP contribution is 2.31. The van der Waals surface area contributed by atoms with Crippen LogP contribution in [0.5, 0.6) is 0 Å². The summed E-state index contributed by atoms with van der Waals surface area (Å²) >= 11 is 5.89. The number of amides is 2. The van der Waals surface area contributed by atoms with Gasteiger partial charge in [-0.3, -0.25) is 9.59 Å². The quantitative estimate of drug-likeness (QED) is 0.352. The molecule has 0 bridgehead atoms. The number of rotatable bonds is 4. The number of nitrogens with one attached hydrogen (secondary N) is 2.